The molecule has 0 saturated heterocycles. The van der Waals surface area contributed by atoms with E-state index in [4.69, 9.17) is 5.73 Å². The van der Waals surface area contributed by atoms with Crippen molar-refractivity contribution in [3.8, 4) is 5.75 Å². The number of rotatable bonds is 7. The molecular formula is C23H32N2O. The van der Waals surface area contributed by atoms with Crippen molar-refractivity contribution in [1.29, 1.82) is 0 Å². The summed E-state index contributed by atoms with van der Waals surface area (Å²) in [6, 6.07) is 16.5. The Balaban J connectivity index is 1.66. The van der Waals surface area contributed by atoms with Crippen LogP contribution in [0.1, 0.15) is 42.4 Å². The van der Waals surface area contributed by atoms with Crippen molar-refractivity contribution in [3.63, 3.8) is 0 Å². The van der Waals surface area contributed by atoms with Crippen LogP contribution in [-0.2, 0) is 13.1 Å². The molecule has 1 saturated carbocycles. The lowest BCUT2D eigenvalue weighted by Gasteiger charge is -2.32. The fourth-order valence-corrected chi connectivity index (χ4v) is 4.01. The summed E-state index contributed by atoms with van der Waals surface area (Å²) in [6.45, 7) is 6.00. The van der Waals surface area contributed by atoms with E-state index in [1.165, 1.54) is 42.4 Å². The maximum atomic E-state index is 9.54. The van der Waals surface area contributed by atoms with Crippen molar-refractivity contribution in [3.05, 3.63) is 65.2 Å². The van der Waals surface area contributed by atoms with Crippen LogP contribution >= 0.6 is 0 Å². The highest BCUT2D eigenvalue weighted by Crippen LogP contribution is 2.29. The molecule has 2 aromatic carbocycles. The summed E-state index contributed by atoms with van der Waals surface area (Å²) in [5, 5.41) is 9.54. The van der Waals surface area contributed by atoms with Gasteiger partial charge in [0.25, 0.3) is 0 Å². The van der Waals surface area contributed by atoms with Gasteiger partial charge in [-0.15, -0.1) is 0 Å². The lowest BCUT2D eigenvalue weighted by molar-refractivity contribution is 0.170. The summed E-state index contributed by atoms with van der Waals surface area (Å²) in [5.41, 5.74) is 9.77. The number of hydrogen-bond acceptors (Lipinski definition) is 3. The molecule has 0 amide bonds. The summed E-state index contributed by atoms with van der Waals surface area (Å²) in [5.74, 6) is 1.83. The van der Waals surface area contributed by atoms with Gasteiger partial charge in [-0.2, -0.15) is 0 Å². The van der Waals surface area contributed by atoms with E-state index in [1.54, 1.807) is 12.1 Å². The minimum absolute atomic E-state index is 0.332. The van der Waals surface area contributed by atoms with Gasteiger partial charge in [0, 0.05) is 19.6 Å². The first-order valence-electron chi connectivity index (χ1n) is 9.88. The highest BCUT2D eigenvalue weighted by atomic mass is 16.3. The van der Waals surface area contributed by atoms with Gasteiger partial charge in [0.15, 0.2) is 0 Å². The van der Waals surface area contributed by atoms with Crippen LogP contribution in [0.2, 0.25) is 0 Å². The van der Waals surface area contributed by atoms with Gasteiger partial charge in [-0.25, -0.2) is 0 Å². The molecule has 1 fully saturated rings. The summed E-state index contributed by atoms with van der Waals surface area (Å²) in [7, 11) is 0. The minimum Gasteiger partial charge on any atom is -0.508 e. The summed E-state index contributed by atoms with van der Waals surface area (Å²) < 4.78 is 0. The van der Waals surface area contributed by atoms with Gasteiger partial charge in [0.05, 0.1) is 0 Å². The second-order valence-corrected chi connectivity index (χ2v) is 7.94. The van der Waals surface area contributed by atoms with Gasteiger partial charge in [-0.1, -0.05) is 42.0 Å². The number of benzene rings is 2. The number of phenols is 1. The van der Waals surface area contributed by atoms with Crippen LogP contribution < -0.4 is 5.73 Å². The Labute approximate surface area is 157 Å². The molecule has 0 heterocycles. The molecule has 0 bridgehead atoms. The molecule has 2 aromatic rings. The summed E-state index contributed by atoms with van der Waals surface area (Å²) in [6.07, 6.45) is 5.14. The molecule has 26 heavy (non-hydrogen) atoms. The fourth-order valence-electron chi connectivity index (χ4n) is 4.01. The molecule has 0 aromatic heterocycles. The maximum absolute atomic E-state index is 9.54. The normalized spacial score (nSPS) is 20.4. The third kappa shape index (κ3) is 5.58. The number of aryl methyl sites for hydroxylation is 1. The zero-order valence-electron chi connectivity index (χ0n) is 15.9. The van der Waals surface area contributed by atoms with E-state index in [0.29, 0.717) is 5.75 Å². The van der Waals surface area contributed by atoms with Crippen molar-refractivity contribution in [2.75, 3.05) is 13.1 Å². The van der Waals surface area contributed by atoms with Gasteiger partial charge < -0.3 is 10.8 Å². The number of aromatic hydroxyl groups is 1. The summed E-state index contributed by atoms with van der Waals surface area (Å²) >= 11 is 0. The number of nitrogens with zero attached hydrogens (tertiary/aromatic N) is 1. The molecule has 1 aliphatic rings. The van der Waals surface area contributed by atoms with Crippen LogP contribution in [0.25, 0.3) is 0 Å². The molecule has 0 aliphatic heterocycles. The molecule has 3 heteroatoms. The van der Waals surface area contributed by atoms with Crippen LogP contribution in [0.3, 0.4) is 0 Å². The van der Waals surface area contributed by atoms with E-state index in [1.807, 2.05) is 12.1 Å². The van der Waals surface area contributed by atoms with Crippen molar-refractivity contribution in [1.82, 2.24) is 4.90 Å². The first-order chi connectivity index (χ1) is 12.6. The van der Waals surface area contributed by atoms with E-state index >= 15 is 0 Å². The van der Waals surface area contributed by atoms with Crippen molar-refractivity contribution < 1.29 is 5.11 Å². The number of hydrogen-bond donors (Lipinski definition) is 2. The highest BCUT2D eigenvalue weighted by molar-refractivity contribution is 5.26. The number of phenolic OH excluding ortho intramolecular Hbond substituents is 1. The Bertz CT molecular complexity index is 610. The molecule has 1 aliphatic carbocycles. The van der Waals surface area contributed by atoms with Crippen LogP contribution in [0, 0.1) is 18.8 Å². The Morgan fingerprint density at radius 1 is 0.846 bits per heavy atom. The Morgan fingerprint density at radius 2 is 1.35 bits per heavy atom. The van der Waals surface area contributed by atoms with Crippen molar-refractivity contribution in [2.45, 2.75) is 45.7 Å². The van der Waals surface area contributed by atoms with Crippen LogP contribution in [0.4, 0.5) is 0 Å². The quantitative estimate of drug-likeness (QED) is 0.773. The second kappa shape index (κ2) is 9.20. The predicted molar refractivity (Wildman–Crippen MR) is 108 cm³/mol. The van der Waals surface area contributed by atoms with Gasteiger partial charge in [0.1, 0.15) is 5.75 Å². The topological polar surface area (TPSA) is 49.5 Å². The van der Waals surface area contributed by atoms with Gasteiger partial charge in [-0.05, 0) is 74.2 Å². The molecule has 3 N–H and O–H groups in total. The predicted octanol–water partition coefficient (Wildman–Crippen LogP) is 4.47. The first-order valence-corrected chi connectivity index (χ1v) is 9.88. The Kier molecular flexibility index (Phi) is 6.70. The molecule has 3 nitrogen and oxygen atoms in total. The average molecular weight is 353 g/mol. The molecule has 3 rings (SSSR count). The average Bonchev–Trinajstić information content (AvgIpc) is 2.66. The van der Waals surface area contributed by atoms with Crippen LogP contribution in [0.5, 0.6) is 5.75 Å². The zero-order chi connectivity index (χ0) is 18.4. The molecule has 0 unspecified atom stereocenters. The van der Waals surface area contributed by atoms with Crippen molar-refractivity contribution >= 4 is 0 Å². The first kappa shape index (κ1) is 18.9. The van der Waals surface area contributed by atoms with E-state index in [9.17, 15) is 5.11 Å². The SMILES string of the molecule is Cc1ccc(CN(Cc2ccc(O)cc2)CC2CCC(CN)CC2)cc1. The van der Waals surface area contributed by atoms with Gasteiger partial charge >= 0.3 is 0 Å². The molecule has 140 valence electrons. The molecule has 0 spiro atoms. The third-order valence-electron chi connectivity index (χ3n) is 5.69. The standard InChI is InChI=1S/C23H32N2O/c1-18-2-4-20(5-3-18)15-25(17-22-10-12-23(26)13-11-22)16-21-8-6-19(14-24)7-9-21/h2-5,10-13,19,21,26H,6-9,14-17,24H2,1H3. The molecule has 0 radical (unpaired) electrons. The monoisotopic (exact) mass is 352 g/mol. The van der Waals surface area contributed by atoms with Crippen molar-refractivity contribution in [2.24, 2.45) is 17.6 Å². The van der Waals surface area contributed by atoms with Crippen LogP contribution in [0.15, 0.2) is 48.5 Å². The zero-order valence-corrected chi connectivity index (χ0v) is 15.9. The lowest BCUT2D eigenvalue weighted by Crippen LogP contribution is -2.32. The fraction of sp³-hybridized carbons (Fsp3) is 0.478. The minimum atomic E-state index is 0.332. The van der Waals surface area contributed by atoms with E-state index in [-0.39, 0.29) is 0 Å². The number of nitrogens with two attached hydrogens (primary N) is 1. The van der Waals surface area contributed by atoms with E-state index in [2.05, 4.69) is 36.1 Å². The largest absolute Gasteiger partial charge is 0.508 e. The van der Waals surface area contributed by atoms with E-state index < -0.39 is 0 Å². The smallest absolute Gasteiger partial charge is 0.115 e. The molecule has 0 atom stereocenters. The Morgan fingerprint density at radius 3 is 1.88 bits per heavy atom. The molecular weight excluding hydrogens is 320 g/mol. The van der Waals surface area contributed by atoms with E-state index in [0.717, 1.165) is 38.0 Å². The second-order valence-electron chi connectivity index (χ2n) is 7.94. The Hall–Kier alpha value is -1.84. The lowest BCUT2D eigenvalue weighted by atomic mass is 9.82. The third-order valence-corrected chi connectivity index (χ3v) is 5.69. The highest BCUT2D eigenvalue weighted by Gasteiger charge is 2.22. The van der Waals surface area contributed by atoms with Gasteiger partial charge in [-0.3, -0.25) is 4.90 Å². The summed E-state index contributed by atoms with van der Waals surface area (Å²) in [4.78, 5) is 2.56. The van der Waals surface area contributed by atoms with Crippen LogP contribution in [-0.4, -0.2) is 23.1 Å². The van der Waals surface area contributed by atoms with Gasteiger partial charge in [0.2, 0.25) is 0 Å². The maximum Gasteiger partial charge on any atom is 0.115 e.